The third-order valence-corrected chi connectivity index (χ3v) is 3.89. The van der Waals surface area contributed by atoms with Gasteiger partial charge in [-0.1, -0.05) is 6.92 Å². The first kappa shape index (κ1) is 10.9. The van der Waals surface area contributed by atoms with E-state index in [1.807, 2.05) is 6.92 Å². The van der Waals surface area contributed by atoms with Crippen molar-refractivity contribution in [3.8, 4) is 0 Å². The Morgan fingerprint density at radius 2 is 2.27 bits per heavy atom. The fraction of sp³-hybridized carbons (Fsp3) is 0.909. The molecule has 0 radical (unpaired) electrons. The van der Waals surface area contributed by atoms with Crippen molar-refractivity contribution in [3.63, 3.8) is 0 Å². The number of hydrogen-bond acceptors (Lipinski definition) is 3. The molecule has 4 unspecified atom stereocenters. The van der Waals surface area contributed by atoms with Crippen LogP contribution >= 0.6 is 0 Å². The second-order valence-corrected chi connectivity index (χ2v) is 4.74. The van der Waals surface area contributed by atoms with Crippen LogP contribution in [-0.4, -0.2) is 45.8 Å². The molecule has 0 amide bonds. The molecule has 2 saturated heterocycles. The highest BCUT2D eigenvalue weighted by molar-refractivity contribution is 5.71. The molecule has 2 aliphatic heterocycles. The van der Waals surface area contributed by atoms with Crippen molar-refractivity contribution in [2.45, 2.75) is 50.8 Å². The topological polar surface area (TPSA) is 60.8 Å². The summed E-state index contributed by atoms with van der Waals surface area (Å²) in [6, 6.07) is 0.575. The van der Waals surface area contributed by atoms with E-state index in [0.717, 1.165) is 25.7 Å². The molecule has 2 aliphatic rings. The lowest BCUT2D eigenvalue weighted by atomic mass is 9.89. The largest absolute Gasteiger partial charge is 0.481 e. The predicted octanol–water partition coefficient (Wildman–Crippen LogP) is 0.695. The predicted molar refractivity (Wildman–Crippen MR) is 55.6 cm³/mol. The van der Waals surface area contributed by atoms with E-state index in [1.54, 1.807) is 0 Å². The summed E-state index contributed by atoms with van der Waals surface area (Å²) < 4.78 is 0. The summed E-state index contributed by atoms with van der Waals surface area (Å²) in [5.41, 5.74) is 0. The van der Waals surface area contributed by atoms with E-state index in [-0.39, 0.29) is 18.1 Å². The zero-order chi connectivity index (χ0) is 11.0. The van der Waals surface area contributed by atoms with Crippen LogP contribution in [0.4, 0.5) is 0 Å². The van der Waals surface area contributed by atoms with E-state index >= 15 is 0 Å². The van der Waals surface area contributed by atoms with Gasteiger partial charge in [0.2, 0.25) is 0 Å². The van der Waals surface area contributed by atoms with Crippen LogP contribution in [0.2, 0.25) is 0 Å². The molecule has 4 heteroatoms. The number of carboxylic acid groups (broad SMARTS) is 1. The van der Waals surface area contributed by atoms with Crippen LogP contribution in [0.1, 0.15) is 32.6 Å². The zero-order valence-electron chi connectivity index (χ0n) is 9.09. The fourth-order valence-corrected chi connectivity index (χ4v) is 3.02. The summed E-state index contributed by atoms with van der Waals surface area (Å²) >= 11 is 0. The minimum Gasteiger partial charge on any atom is -0.481 e. The highest BCUT2D eigenvalue weighted by atomic mass is 16.4. The Labute approximate surface area is 89.9 Å². The second-order valence-electron chi connectivity index (χ2n) is 4.74. The van der Waals surface area contributed by atoms with Crippen molar-refractivity contribution >= 4 is 5.97 Å². The first-order chi connectivity index (χ1) is 7.13. The van der Waals surface area contributed by atoms with Gasteiger partial charge in [-0.2, -0.15) is 0 Å². The lowest BCUT2D eigenvalue weighted by molar-refractivity contribution is -0.142. The first-order valence-electron chi connectivity index (χ1n) is 5.80. The Bertz CT molecular complexity index is 256. The van der Waals surface area contributed by atoms with Gasteiger partial charge in [-0.25, -0.2) is 0 Å². The van der Waals surface area contributed by atoms with Gasteiger partial charge < -0.3 is 10.2 Å². The second kappa shape index (κ2) is 4.10. The SMILES string of the molecule is CCC(O)CN1C2CCC1C(C(=O)O)C2. The molecule has 2 N–H and O–H groups in total. The highest BCUT2D eigenvalue weighted by Gasteiger charge is 2.49. The minimum atomic E-state index is -0.668. The van der Waals surface area contributed by atoms with Crippen LogP contribution in [0.5, 0.6) is 0 Å². The maximum atomic E-state index is 11.0. The zero-order valence-corrected chi connectivity index (χ0v) is 9.09. The van der Waals surface area contributed by atoms with Gasteiger partial charge in [-0.15, -0.1) is 0 Å². The van der Waals surface area contributed by atoms with Crippen molar-refractivity contribution in [2.24, 2.45) is 5.92 Å². The molecule has 0 aliphatic carbocycles. The maximum absolute atomic E-state index is 11.0. The molecule has 0 aromatic carbocycles. The quantitative estimate of drug-likeness (QED) is 0.721. The molecule has 2 heterocycles. The first-order valence-corrected chi connectivity index (χ1v) is 5.80. The molecule has 4 atom stereocenters. The van der Waals surface area contributed by atoms with Crippen molar-refractivity contribution in [2.75, 3.05) is 6.54 Å². The van der Waals surface area contributed by atoms with E-state index in [2.05, 4.69) is 4.90 Å². The van der Waals surface area contributed by atoms with Crippen molar-refractivity contribution in [1.29, 1.82) is 0 Å². The molecule has 2 fully saturated rings. The van der Waals surface area contributed by atoms with Crippen LogP contribution in [0.15, 0.2) is 0 Å². The number of hydrogen-bond donors (Lipinski definition) is 2. The van der Waals surface area contributed by atoms with Crippen molar-refractivity contribution in [1.82, 2.24) is 4.90 Å². The van der Waals surface area contributed by atoms with Crippen molar-refractivity contribution in [3.05, 3.63) is 0 Å². The summed E-state index contributed by atoms with van der Waals surface area (Å²) in [6.45, 7) is 2.60. The number of aliphatic hydroxyl groups excluding tert-OH is 1. The summed E-state index contributed by atoms with van der Waals surface area (Å²) in [6.07, 6.45) is 3.30. The van der Waals surface area contributed by atoms with Gasteiger partial charge in [0.05, 0.1) is 12.0 Å². The number of rotatable bonds is 4. The molecule has 0 saturated carbocycles. The maximum Gasteiger partial charge on any atom is 0.308 e. The van der Waals surface area contributed by atoms with Crippen molar-refractivity contribution < 1.29 is 15.0 Å². The Morgan fingerprint density at radius 1 is 1.53 bits per heavy atom. The fourth-order valence-electron chi connectivity index (χ4n) is 3.02. The molecule has 86 valence electrons. The Morgan fingerprint density at radius 3 is 2.80 bits per heavy atom. The number of carboxylic acids is 1. The lowest BCUT2D eigenvalue weighted by Crippen LogP contribution is -2.38. The van der Waals surface area contributed by atoms with Gasteiger partial charge in [-0.3, -0.25) is 9.69 Å². The van der Waals surface area contributed by atoms with E-state index in [0.29, 0.717) is 12.6 Å². The van der Waals surface area contributed by atoms with E-state index in [4.69, 9.17) is 5.11 Å². The third kappa shape index (κ3) is 1.88. The normalized spacial score (nSPS) is 37.1. The summed E-state index contributed by atoms with van der Waals surface area (Å²) in [5, 5.41) is 18.7. The summed E-state index contributed by atoms with van der Waals surface area (Å²) in [5.74, 6) is -0.869. The number of carbonyl (C=O) groups is 1. The van der Waals surface area contributed by atoms with Crippen LogP contribution in [0, 0.1) is 5.92 Å². The third-order valence-electron chi connectivity index (χ3n) is 3.89. The van der Waals surface area contributed by atoms with E-state index in [9.17, 15) is 9.90 Å². The minimum absolute atomic E-state index is 0.175. The van der Waals surface area contributed by atoms with Crippen LogP contribution < -0.4 is 0 Å². The molecule has 0 aromatic heterocycles. The van der Waals surface area contributed by atoms with Gasteiger partial charge in [0.25, 0.3) is 0 Å². The lowest BCUT2D eigenvalue weighted by Gasteiger charge is -2.24. The van der Waals surface area contributed by atoms with E-state index < -0.39 is 5.97 Å². The smallest absolute Gasteiger partial charge is 0.308 e. The Kier molecular flexibility index (Phi) is 2.98. The average molecular weight is 213 g/mol. The summed E-state index contributed by atoms with van der Waals surface area (Å²) in [7, 11) is 0. The average Bonchev–Trinajstić information content (AvgIpc) is 2.75. The van der Waals surface area contributed by atoms with Crippen LogP contribution in [0.25, 0.3) is 0 Å². The number of aliphatic carboxylic acids is 1. The van der Waals surface area contributed by atoms with Gasteiger partial charge >= 0.3 is 5.97 Å². The highest BCUT2D eigenvalue weighted by Crippen LogP contribution is 2.41. The van der Waals surface area contributed by atoms with E-state index in [1.165, 1.54) is 0 Å². The summed E-state index contributed by atoms with van der Waals surface area (Å²) in [4.78, 5) is 13.2. The number of aliphatic hydroxyl groups is 1. The molecule has 0 spiro atoms. The van der Waals surface area contributed by atoms with Gasteiger partial charge in [0.1, 0.15) is 0 Å². The Balaban J connectivity index is 2.00. The molecule has 2 rings (SSSR count). The van der Waals surface area contributed by atoms with Gasteiger partial charge in [-0.05, 0) is 25.7 Å². The van der Waals surface area contributed by atoms with Gasteiger partial charge in [0.15, 0.2) is 0 Å². The number of fused-ring (bicyclic) bond motifs is 2. The monoisotopic (exact) mass is 213 g/mol. The van der Waals surface area contributed by atoms with Crippen LogP contribution in [-0.2, 0) is 4.79 Å². The Hall–Kier alpha value is -0.610. The molecule has 15 heavy (non-hydrogen) atoms. The molecule has 0 aromatic rings. The molecular formula is C11H19NO3. The molecule has 4 nitrogen and oxygen atoms in total. The number of nitrogens with zero attached hydrogens (tertiary/aromatic N) is 1. The van der Waals surface area contributed by atoms with Crippen LogP contribution in [0.3, 0.4) is 0 Å². The molecule has 2 bridgehead atoms. The molecular weight excluding hydrogens is 194 g/mol. The standard InChI is InChI=1S/C11H19NO3/c1-2-8(13)6-12-7-3-4-10(12)9(5-7)11(14)15/h7-10,13H,2-6H2,1H3,(H,14,15). The van der Waals surface area contributed by atoms with Gasteiger partial charge in [0, 0.05) is 18.6 Å².